The second-order valence-electron chi connectivity index (χ2n) is 5.73. The molecule has 0 fully saturated rings. The number of hydrogen-bond donors (Lipinski definition) is 1. The molecule has 0 aromatic heterocycles. The third-order valence-corrected chi connectivity index (χ3v) is 3.64. The zero-order chi connectivity index (χ0) is 17.9. The number of aliphatic carboxylic acids is 1. The first-order chi connectivity index (χ1) is 12.2. The van der Waals surface area contributed by atoms with E-state index >= 15 is 0 Å². The van der Waals surface area contributed by atoms with E-state index in [4.69, 9.17) is 14.6 Å². The van der Waals surface area contributed by atoms with E-state index in [0.717, 1.165) is 41.7 Å². The van der Waals surface area contributed by atoms with Crippen LogP contribution >= 0.6 is 0 Å². The Hall–Kier alpha value is -2.75. The molecule has 0 bridgehead atoms. The van der Waals surface area contributed by atoms with Crippen LogP contribution in [0.1, 0.15) is 37.3 Å². The molecule has 0 saturated heterocycles. The third kappa shape index (κ3) is 7.12. The second kappa shape index (κ2) is 10.2. The lowest BCUT2D eigenvalue weighted by molar-refractivity contribution is -0.131. The normalized spacial score (nSPS) is 10.8. The minimum Gasteiger partial charge on any atom is -0.494 e. The van der Waals surface area contributed by atoms with Crippen molar-refractivity contribution in [2.75, 3.05) is 6.61 Å². The summed E-state index contributed by atoms with van der Waals surface area (Å²) < 4.78 is 11.4. The van der Waals surface area contributed by atoms with Crippen molar-refractivity contribution in [3.05, 3.63) is 65.7 Å². The van der Waals surface area contributed by atoms with Gasteiger partial charge in [0.05, 0.1) is 6.61 Å². The van der Waals surface area contributed by atoms with Crippen LogP contribution in [0.15, 0.2) is 54.6 Å². The van der Waals surface area contributed by atoms with Crippen molar-refractivity contribution in [2.45, 2.75) is 32.8 Å². The number of benzene rings is 2. The number of carboxylic acids is 1. The SMILES string of the molecule is CCCCCOc1ccc(COc2ccc(C=CC(=O)O)cc2)cc1. The van der Waals surface area contributed by atoms with E-state index in [1.54, 1.807) is 6.08 Å². The van der Waals surface area contributed by atoms with Gasteiger partial charge in [-0.05, 0) is 47.9 Å². The summed E-state index contributed by atoms with van der Waals surface area (Å²) in [6.07, 6.45) is 6.12. The lowest BCUT2D eigenvalue weighted by atomic mass is 10.2. The van der Waals surface area contributed by atoms with Gasteiger partial charge in [-0.2, -0.15) is 0 Å². The van der Waals surface area contributed by atoms with Gasteiger partial charge in [-0.1, -0.05) is 44.0 Å². The van der Waals surface area contributed by atoms with Gasteiger partial charge < -0.3 is 14.6 Å². The zero-order valence-corrected chi connectivity index (χ0v) is 14.5. The van der Waals surface area contributed by atoms with Gasteiger partial charge in [0.15, 0.2) is 0 Å². The maximum Gasteiger partial charge on any atom is 0.328 e. The molecule has 0 heterocycles. The van der Waals surface area contributed by atoms with Crippen molar-refractivity contribution >= 4 is 12.0 Å². The van der Waals surface area contributed by atoms with Crippen LogP contribution in [0, 0.1) is 0 Å². The van der Waals surface area contributed by atoms with Crippen LogP contribution in [-0.4, -0.2) is 17.7 Å². The fraction of sp³-hybridized carbons (Fsp3) is 0.286. The molecule has 0 radical (unpaired) electrons. The highest BCUT2D eigenvalue weighted by Crippen LogP contribution is 2.17. The average Bonchev–Trinajstić information content (AvgIpc) is 2.63. The predicted molar refractivity (Wildman–Crippen MR) is 98.9 cm³/mol. The van der Waals surface area contributed by atoms with Crippen LogP contribution in [0.2, 0.25) is 0 Å². The van der Waals surface area contributed by atoms with E-state index in [2.05, 4.69) is 6.92 Å². The molecule has 0 amide bonds. The van der Waals surface area contributed by atoms with Crippen molar-refractivity contribution in [2.24, 2.45) is 0 Å². The molecular weight excluding hydrogens is 316 g/mol. The smallest absolute Gasteiger partial charge is 0.328 e. The topological polar surface area (TPSA) is 55.8 Å². The number of rotatable bonds is 10. The first-order valence-corrected chi connectivity index (χ1v) is 8.53. The van der Waals surface area contributed by atoms with Gasteiger partial charge in [0, 0.05) is 6.08 Å². The minimum atomic E-state index is -0.960. The van der Waals surface area contributed by atoms with Crippen molar-refractivity contribution in [1.82, 2.24) is 0 Å². The highest BCUT2D eigenvalue weighted by atomic mass is 16.5. The van der Waals surface area contributed by atoms with Gasteiger partial charge >= 0.3 is 5.97 Å². The Morgan fingerprint density at radius 2 is 1.60 bits per heavy atom. The number of carbonyl (C=O) groups is 1. The van der Waals surface area contributed by atoms with E-state index in [1.807, 2.05) is 48.5 Å². The molecule has 0 aliphatic heterocycles. The molecule has 2 rings (SSSR count). The van der Waals surface area contributed by atoms with Gasteiger partial charge in [0.1, 0.15) is 18.1 Å². The quantitative estimate of drug-likeness (QED) is 0.492. The number of hydrogen-bond acceptors (Lipinski definition) is 3. The van der Waals surface area contributed by atoms with Gasteiger partial charge in [0.25, 0.3) is 0 Å². The molecule has 1 N–H and O–H groups in total. The van der Waals surface area contributed by atoms with Gasteiger partial charge in [-0.25, -0.2) is 4.79 Å². The average molecular weight is 340 g/mol. The lowest BCUT2D eigenvalue weighted by Crippen LogP contribution is -1.98. The third-order valence-electron chi connectivity index (χ3n) is 3.64. The van der Waals surface area contributed by atoms with E-state index in [0.29, 0.717) is 6.61 Å². The Morgan fingerprint density at radius 3 is 2.24 bits per heavy atom. The highest BCUT2D eigenvalue weighted by Gasteiger charge is 1.99. The Bertz CT molecular complexity index is 672. The first-order valence-electron chi connectivity index (χ1n) is 8.53. The summed E-state index contributed by atoms with van der Waals surface area (Å²) in [6, 6.07) is 15.2. The van der Waals surface area contributed by atoms with Crippen LogP contribution in [0.5, 0.6) is 11.5 Å². The molecule has 2 aromatic rings. The van der Waals surface area contributed by atoms with Gasteiger partial charge in [0.2, 0.25) is 0 Å². The molecule has 132 valence electrons. The number of unbranched alkanes of at least 4 members (excludes halogenated alkanes) is 2. The molecule has 0 spiro atoms. The second-order valence-corrected chi connectivity index (χ2v) is 5.73. The summed E-state index contributed by atoms with van der Waals surface area (Å²) in [6.45, 7) is 3.40. The van der Waals surface area contributed by atoms with Crippen LogP contribution in [0.25, 0.3) is 6.08 Å². The first kappa shape index (κ1) is 18.6. The van der Waals surface area contributed by atoms with Crippen LogP contribution < -0.4 is 9.47 Å². The van der Waals surface area contributed by atoms with Crippen molar-refractivity contribution in [3.63, 3.8) is 0 Å². The summed E-state index contributed by atoms with van der Waals surface area (Å²) in [5.41, 5.74) is 1.88. The summed E-state index contributed by atoms with van der Waals surface area (Å²) in [5, 5.41) is 8.61. The van der Waals surface area contributed by atoms with Crippen molar-refractivity contribution in [3.8, 4) is 11.5 Å². The van der Waals surface area contributed by atoms with E-state index < -0.39 is 5.97 Å². The molecule has 4 nitrogen and oxygen atoms in total. The summed E-state index contributed by atoms with van der Waals surface area (Å²) >= 11 is 0. The largest absolute Gasteiger partial charge is 0.494 e. The zero-order valence-electron chi connectivity index (χ0n) is 14.5. The fourth-order valence-corrected chi connectivity index (χ4v) is 2.23. The highest BCUT2D eigenvalue weighted by molar-refractivity contribution is 5.85. The minimum absolute atomic E-state index is 0.473. The molecule has 2 aromatic carbocycles. The Morgan fingerprint density at radius 1 is 0.960 bits per heavy atom. The molecule has 4 heteroatoms. The Labute approximate surface area is 148 Å². The Kier molecular flexibility index (Phi) is 7.57. The van der Waals surface area contributed by atoms with Gasteiger partial charge in [-0.3, -0.25) is 0 Å². The monoisotopic (exact) mass is 340 g/mol. The summed E-state index contributed by atoms with van der Waals surface area (Å²) in [5.74, 6) is 0.667. The Balaban J connectivity index is 1.79. The molecule has 0 aliphatic rings. The maximum atomic E-state index is 10.5. The summed E-state index contributed by atoms with van der Waals surface area (Å²) in [4.78, 5) is 10.5. The van der Waals surface area contributed by atoms with Crippen molar-refractivity contribution < 1.29 is 19.4 Å². The number of carboxylic acid groups (broad SMARTS) is 1. The molecule has 0 atom stereocenters. The van der Waals surface area contributed by atoms with E-state index in [9.17, 15) is 4.79 Å². The molecule has 25 heavy (non-hydrogen) atoms. The maximum absolute atomic E-state index is 10.5. The van der Waals surface area contributed by atoms with Gasteiger partial charge in [-0.15, -0.1) is 0 Å². The van der Waals surface area contributed by atoms with Crippen LogP contribution in [0.3, 0.4) is 0 Å². The predicted octanol–water partition coefficient (Wildman–Crippen LogP) is 4.93. The summed E-state index contributed by atoms with van der Waals surface area (Å²) in [7, 11) is 0. The lowest BCUT2D eigenvalue weighted by Gasteiger charge is -2.09. The molecular formula is C21H24O4. The number of ether oxygens (including phenoxy) is 2. The molecule has 0 unspecified atom stereocenters. The molecule has 0 saturated carbocycles. The van der Waals surface area contributed by atoms with E-state index in [1.165, 1.54) is 12.8 Å². The fourth-order valence-electron chi connectivity index (χ4n) is 2.23. The van der Waals surface area contributed by atoms with Crippen LogP contribution in [0.4, 0.5) is 0 Å². The van der Waals surface area contributed by atoms with Crippen LogP contribution in [-0.2, 0) is 11.4 Å². The molecule has 0 aliphatic carbocycles. The van der Waals surface area contributed by atoms with E-state index in [-0.39, 0.29) is 0 Å². The van der Waals surface area contributed by atoms with Crippen molar-refractivity contribution in [1.29, 1.82) is 0 Å². The standard InChI is InChI=1S/C21H24O4/c1-2-3-4-15-24-19-12-7-18(8-13-19)16-25-20-10-5-17(6-11-20)9-14-21(22)23/h5-14H,2-4,15-16H2,1H3,(H,22,23).